The van der Waals surface area contributed by atoms with E-state index < -0.39 is 0 Å². The van der Waals surface area contributed by atoms with Crippen molar-refractivity contribution in [2.24, 2.45) is 5.10 Å². The van der Waals surface area contributed by atoms with Crippen LogP contribution in [0, 0.1) is 0 Å². The van der Waals surface area contributed by atoms with Gasteiger partial charge in [0, 0.05) is 6.04 Å². The van der Waals surface area contributed by atoms with Crippen LogP contribution in [0.15, 0.2) is 29.4 Å². The average molecular weight is 334 g/mol. The lowest BCUT2D eigenvalue weighted by Gasteiger charge is -2.23. The third kappa shape index (κ3) is 6.99. The minimum absolute atomic E-state index is 0.495. The number of rotatable bonds is 7. The van der Waals surface area contributed by atoms with Gasteiger partial charge in [-0.3, -0.25) is 5.43 Å². The average Bonchev–Trinajstić information content (AvgIpc) is 2.56. The predicted octanol–water partition coefficient (Wildman–Crippen LogP) is 4.00. The standard InChI is InChI=1S/C18H27N3OS/c1-2-3-12-22-17-11-7-8-15(13-17)14-19-21-18(23)20-16-9-5-4-6-10-16/h7-8,11,13-14,16H,2-6,9-10,12H2,1H3,(H2,20,21,23)/b19-14+. The lowest BCUT2D eigenvalue weighted by Crippen LogP contribution is -2.40. The van der Waals surface area contributed by atoms with Crippen LogP contribution in [-0.4, -0.2) is 24.0 Å². The van der Waals surface area contributed by atoms with Gasteiger partial charge in [-0.1, -0.05) is 44.7 Å². The fourth-order valence-electron chi connectivity index (χ4n) is 2.65. The van der Waals surface area contributed by atoms with Gasteiger partial charge in [-0.25, -0.2) is 0 Å². The Morgan fingerprint density at radius 2 is 2.17 bits per heavy atom. The molecule has 0 amide bonds. The van der Waals surface area contributed by atoms with E-state index in [0.29, 0.717) is 11.2 Å². The van der Waals surface area contributed by atoms with E-state index in [2.05, 4.69) is 22.8 Å². The van der Waals surface area contributed by atoms with Crippen LogP contribution in [0.25, 0.3) is 0 Å². The maximum absolute atomic E-state index is 5.69. The first-order valence-corrected chi connectivity index (χ1v) is 9.01. The molecule has 126 valence electrons. The fraction of sp³-hybridized carbons (Fsp3) is 0.556. The van der Waals surface area contributed by atoms with E-state index in [4.69, 9.17) is 17.0 Å². The van der Waals surface area contributed by atoms with Crippen molar-refractivity contribution >= 4 is 23.5 Å². The third-order valence-electron chi connectivity index (χ3n) is 3.94. The Kier molecular flexibility index (Phi) is 7.87. The minimum Gasteiger partial charge on any atom is -0.494 e. The maximum atomic E-state index is 5.69. The zero-order valence-electron chi connectivity index (χ0n) is 13.9. The van der Waals surface area contributed by atoms with E-state index in [0.717, 1.165) is 30.8 Å². The molecule has 1 aliphatic carbocycles. The minimum atomic E-state index is 0.495. The number of nitrogens with one attached hydrogen (secondary N) is 2. The molecule has 0 saturated heterocycles. The molecular formula is C18H27N3OS. The summed E-state index contributed by atoms with van der Waals surface area (Å²) in [4.78, 5) is 0. The zero-order valence-corrected chi connectivity index (χ0v) is 14.7. The lowest BCUT2D eigenvalue weighted by molar-refractivity contribution is 0.309. The van der Waals surface area contributed by atoms with Crippen LogP contribution in [0.1, 0.15) is 57.4 Å². The van der Waals surface area contributed by atoms with Crippen molar-refractivity contribution in [2.75, 3.05) is 6.61 Å². The van der Waals surface area contributed by atoms with Crippen molar-refractivity contribution in [3.05, 3.63) is 29.8 Å². The molecule has 1 aromatic carbocycles. The maximum Gasteiger partial charge on any atom is 0.187 e. The van der Waals surface area contributed by atoms with E-state index >= 15 is 0 Å². The molecule has 0 aliphatic heterocycles. The second-order valence-electron chi connectivity index (χ2n) is 5.95. The topological polar surface area (TPSA) is 45.6 Å². The summed E-state index contributed by atoms with van der Waals surface area (Å²) in [6.07, 6.45) is 10.3. The van der Waals surface area contributed by atoms with Crippen molar-refractivity contribution in [3.8, 4) is 5.75 Å². The molecule has 0 heterocycles. The second-order valence-corrected chi connectivity index (χ2v) is 6.36. The third-order valence-corrected chi connectivity index (χ3v) is 4.15. The number of hydrazone groups is 1. The van der Waals surface area contributed by atoms with Gasteiger partial charge in [0.15, 0.2) is 5.11 Å². The first-order valence-electron chi connectivity index (χ1n) is 8.60. The fourth-order valence-corrected chi connectivity index (χ4v) is 2.87. The first-order chi connectivity index (χ1) is 11.3. The molecule has 23 heavy (non-hydrogen) atoms. The van der Waals surface area contributed by atoms with Crippen LogP contribution in [0.2, 0.25) is 0 Å². The molecular weight excluding hydrogens is 306 g/mol. The summed E-state index contributed by atoms with van der Waals surface area (Å²) in [5.41, 5.74) is 3.89. The van der Waals surface area contributed by atoms with Gasteiger partial charge < -0.3 is 10.1 Å². The van der Waals surface area contributed by atoms with E-state index in [-0.39, 0.29) is 0 Å². The molecule has 5 heteroatoms. The number of unbranched alkanes of at least 4 members (excludes halogenated alkanes) is 1. The second kappa shape index (κ2) is 10.2. The number of thiocarbonyl (C=S) groups is 1. The van der Waals surface area contributed by atoms with Crippen LogP contribution in [0.5, 0.6) is 5.75 Å². The summed E-state index contributed by atoms with van der Waals surface area (Å²) in [6.45, 7) is 2.91. The number of hydrogen-bond acceptors (Lipinski definition) is 3. The summed E-state index contributed by atoms with van der Waals surface area (Å²) in [5.74, 6) is 0.880. The van der Waals surface area contributed by atoms with Crippen LogP contribution >= 0.6 is 12.2 Å². The van der Waals surface area contributed by atoms with E-state index in [1.807, 2.05) is 24.3 Å². The largest absolute Gasteiger partial charge is 0.494 e. The van der Waals surface area contributed by atoms with Crippen molar-refractivity contribution < 1.29 is 4.74 Å². The Hall–Kier alpha value is -1.62. The number of ether oxygens (including phenoxy) is 1. The van der Waals surface area contributed by atoms with Gasteiger partial charge >= 0.3 is 0 Å². The van der Waals surface area contributed by atoms with Gasteiger partial charge in [0.1, 0.15) is 5.75 Å². The number of hydrogen-bond donors (Lipinski definition) is 2. The normalized spacial score (nSPS) is 15.5. The van der Waals surface area contributed by atoms with Gasteiger partial charge in [-0.15, -0.1) is 0 Å². The Morgan fingerprint density at radius 3 is 2.96 bits per heavy atom. The Morgan fingerprint density at radius 1 is 1.35 bits per heavy atom. The first kappa shape index (κ1) is 17.7. The van der Waals surface area contributed by atoms with Crippen LogP contribution in [-0.2, 0) is 0 Å². The molecule has 0 radical (unpaired) electrons. The van der Waals surface area contributed by atoms with Crippen LogP contribution in [0.3, 0.4) is 0 Å². The zero-order chi connectivity index (χ0) is 16.3. The quantitative estimate of drug-likeness (QED) is 0.343. The van der Waals surface area contributed by atoms with Crippen LogP contribution in [0.4, 0.5) is 0 Å². The van der Waals surface area contributed by atoms with Crippen LogP contribution < -0.4 is 15.5 Å². The molecule has 2 N–H and O–H groups in total. The molecule has 0 atom stereocenters. The predicted molar refractivity (Wildman–Crippen MR) is 100 cm³/mol. The molecule has 2 rings (SSSR count). The Labute approximate surface area is 144 Å². The number of nitrogens with zero attached hydrogens (tertiary/aromatic N) is 1. The lowest BCUT2D eigenvalue weighted by atomic mass is 9.96. The highest BCUT2D eigenvalue weighted by Gasteiger charge is 2.13. The molecule has 1 aromatic rings. The van der Waals surface area contributed by atoms with E-state index in [1.54, 1.807) is 6.21 Å². The summed E-state index contributed by atoms with van der Waals surface area (Å²) < 4.78 is 5.69. The smallest absolute Gasteiger partial charge is 0.187 e. The van der Waals surface area contributed by atoms with Gasteiger partial charge in [0.2, 0.25) is 0 Å². The molecule has 1 fully saturated rings. The highest BCUT2D eigenvalue weighted by molar-refractivity contribution is 7.80. The van der Waals surface area contributed by atoms with Gasteiger partial charge in [-0.2, -0.15) is 5.10 Å². The highest BCUT2D eigenvalue weighted by Crippen LogP contribution is 2.17. The van der Waals surface area contributed by atoms with E-state index in [9.17, 15) is 0 Å². The number of benzene rings is 1. The summed E-state index contributed by atoms with van der Waals surface area (Å²) in [5, 5.41) is 8.14. The molecule has 0 spiro atoms. The van der Waals surface area contributed by atoms with Gasteiger partial charge in [0.05, 0.1) is 12.8 Å². The van der Waals surface area contributed by atoms with E-state index in [1.165, 1.54) is 32.1 Å². The van der Waals surface area contributed by atoms with Crippen molar-refractivity contribution in [1.29, 1.82) is 0 Å². The van der Waals surface area contributed by atoms with Gasteiger partial charge in [0.25, 0.3) is 0 Å². The molecule has 0 unspecified atom stereocenters. The summed E-state index contributed by atoms with van der Waals surface area (Å²) in [7, 11) is 0. The highest BCUT2D eigenvalue weighted by atomic mass is 32.1. The Bertz CT molecular complexity index is 513. The molecule has 1 saturated carbocycles. The van der Waals surface area contributed by atoms with Gasteiger partial charge in [-0.05, 0) is 49.2 Å². The van der Waals surface area contributed by atoms with Crippen molar-refractivity contribution in [1.82, 2.24) is 10.7 Å². The van der Waals surface area contributed by atoms with Crippen molar-refractivity contribution in [3.63, 3.8) is 0 Å². The summed E-state index contributed by atoms with van der Waals surface area (Å²) in [6, 6.07) is 8.42. The molecule has 0 aromatic heterocycles. The SMILES string of the molecule is CCCCOc1cccc(/C=N/NC(=S)NC2CCCCC2)c1. The Balaban J connectivity index is 1.75. The summed E-state index contributed by atoms with van der Waals surface area (Å²) >= 11 is 5.29. The molecule has 0 bridgehead atoms. The molecule has 4 nitrogen and oxygen atoms in total. The monoisotopic (exact) mass is 333 g/mol. The molecule has 1 aliphatic rings. The van der Waals surface area contributed by atoms with Crippen molar-refractivity contribution in [2.45, 2.75) is 57.9 Å².